The molecule has 11 rings (SSSR count). The molecule has 0 heteroatoms. The van der Waals surface area contributed by atoms with E-state index in [9.17, 15) is 0 Å². The second-order valence-electron chi connectivity index (χ2n) is 13.0. The molecule has 203 valence electrons. The van der Waals surface area contributed by atoms with E-state index in [1.54, 1.807) is 11.1 Å². The normalized spacial score (nSPS) is 18.4. The summed E-state index contributed by atoms with van der Waals surface area (Å²) in [6.45, 7) is 0. The smallest absolute Gasteiger partial charge is 0.0570 e. The highest BCUT2D eigenvalue weighted by Gasteiger charge is 2.46. The fraction of sp³-hybridized carbons (Fsp3) is 0.0682. The maximum absolute atomic E-state index is 2.41. The quantitative estimate of drug-likeness (QED) is 0.199. The maximum atomic E-state index is 2.41. The van der Waals surface area contributed by atoms with Gasteiger partial charge < -0.3 is 0 Å². The van der Waals surface area contributed by atoms with Crippen LogP contribution < -0.4 is 0 Å². The molecule has 1 radical (unpaired) electrons. The van der Waals surface area contributed by atoms with Crippen LogP contribution in [0, 0.1) is 5.92 Å². The minimum Gasteiger partial charge on any atom is -0.0629 e. The molecule has 7 aromatic carbocycles. The van der Waals surface area contributed by atoms with Crippen LogP contribution in [0.4, 0.5) is 0 Å². The second kappa shape index (κ2) is 8.24. The van der Waals surface area contributed by atoms with Gasteiger partial charge in [-0.25, -0.2) is 0 Å². The van der Waals surface area contributed by atoms with Crippen molar-refractivity contribution in [2.75, 3.05) is 0 Å². The van der Waals surface area contributed by atoms with E-state index in [1.165, 1.54) is 95.1 Å². The molecule has 0 aromatic heterocycles. The van der Waals surface area contributed by atoms with E-state index in [4.69, 9.17) is 0 Å². The predicted molar refractivity (Wildman–Crippen MR) is 184 cm³/mol. The van der Waals surface area contributed by atoms with Crippen molar-refractivity contribution in [1.29, 1.82) is 0 Å². The van der Waals surface area contributed by atoms with E-state index in [0.29, 0.717) is 11.8 Å². The molecule has 0 nitrogen and oxygen atoms in total. The Bertz CT molecular complexity index is 2440. The van der Waals surface area contributed by atoms with Crippen LogP contribution >= 0.6 is 0 Å². The van der Waals surface area contributed by atoms with Gasteiger partial charge in [-0.05, 0) is 124 Å². The Morgan fingerprint density at radius 1 is 0.432 bits per heavy atom. The predicted octanol–water partition coefficient (Wildman–Crippen LogP) is 11.6. The van der Waals surface area contributed by atoms with Crippen molar-refractivity contribution in [3.05, 3.63) is 168 Å². The Morgan fingerprint density at radius 2 is 1.09 bits per heavy atom. The Balaban J connectivity index is 1.04. The molecule has 0 aliphatic heterocycles. The van der Waals surface area contributed by atoms with Crippen molar-refractivity contribution < 1.29 is 0 Å². The summed E-state index contributed by atoms with van der Waals surface area (Å²) in [6.07, 6.45) is 3.62. The van der Waals surface area contributed by atoms with Crippen LogP contribution in [0.2, 0.25) is 0 Å². The highest BCUT2D eigenvalue weighted by molar-refractivity contribution is 6.17. The monoisotopic (exact) mass is 555 g/mol. The van der Waals surface area contributed by atoms with Crippen molar-refractivity contribution in [3.8, 4) is 44.5 Å². The first-order chi connectivity index (χ1) is 21.8. The molecular formula is C44H27. The first-order valence-corrected chi connectivity index (χ1v) is 15.8. The Hall–Kier alpha value is -5.20. The molecule has 0 N–H and O–H groups in total. The molecule has 2 atom stereocenters. The summed E-state index contributed by atoms with van der Waals surface area (Å²) in [5.74, 6) is 2.73. The molecule has 1 fully saturated rings. The standard InChI is InChI=1S/C44H27/c1-3-9-33-31(7-1)37-14-6-12-35-29(19-20-38(44(35)37)41-23-39(33)41)27-17-15-26-22-28(18-16-25(26)21-27)30-11-5-13-36-32-8-2-4-10-34(32)40-24-42(40)43(30)36/h1-23,40,42H,24H2. The fourth-order valence-corrected chi connectivity index (χ4v) is 8.57. The zero-order chi connectivity index (χ0) is 28.5. The van der Waals surface area contributed by atoms with Gasteiger partial charge in [0.25, 0.3) is 0 Å². The van der Waals surface area contributed by atoms with Crippen LogP contribution in [0.25, 0.3) is 71.6 Å². The number of benzene rings is 7. The van der Waals surface area contributed by atoms with Gasteiger partial charge in [0, 0.05) is 0 Å². The third kappa shape index (κ3) is 3.08. The fourth-order valence-electron chi connectivity index (χ4n) is 8.57. The lowest BCUT2D eigenvalue weighted by Gasteiger charge is -2.22. The van der Waals surface area contributed by atoms with Crippen LogP contribution in [-0.2, 0) is 0 Å². The number of hydrogen-bond acceptors (Lipinski definition) is 0. The van der Waals surface area contributed by atoms with Gasteiger partial charge in [0.1, 0.15) is 0 Å². The van der Waals surface area contributed by atoms with Crippen LogP contribution in [0.5, 0.6) is 0 Å². The summed E-state index contributed by atoms with van der Waals surface area (Å²) >= 11 is 0. The Morgan fingerprint density at radius 3 is 1.95 bits per heavy atom. The minimum atomic E-state index is 0.651. The Kier molecular flexibility index (Phi) is 4.36. The van der Waals surface area contributed by atoms with E-state index in [1.807, 2.05) is 0 Å². The number of hydrogen-bond donors (Lipinski definition) is 0. The zero-order valence-corrected chi connectivity index (χ0v) is 24.1. The summed E-state index contributed by atoms with van der Waals surface area (Å²) in [5, 5.41) is 5.29. The van der Waals surface area contributed by atoms with Crippen molar-refractivity contribution >= 4 is 27.1 Å². The maximum Gasteiger partial charge on any atom is 0.0570 e. The molecule has 4 aliphatic rings. The van der Waals surface area contributed by atoms with Crippen molar-refractivity contribution in [3.63, 3.8) is 0 Å². The van der Waals surface area contributed by atoms with Crippen LogP contribution in [0.15, 0.2) is 140 Å². The molecule has 0 spiro atoms. The van der Waals surface area contributed by atoms with Crippen LogP contribution in [0.1, 0.15) is 40.5 Å². The van der Waals surface area contributed by atoms with Crippen LogP contribution in [-0.4, -0.2) is 0 Å². The lowest BCUT2D eigenvalue weighted by molar-refractivity contribution is 1.01. The third-order valence-corrected chi connectivity index (χ3v) is 10.7. The van der Waals surface area contributed by atoms with Gasteiger partial charge in [0.2, 0.25) is 0 Å². The zero-order valence-electron chi connectivity index (χ0n) is 24.1. The van der Waals surface area contributed by atoms with Gasteiger partial charge in [0.15, 0.2) is 0 Å². The van der Waals surface area contributed by atoms with Crippen molar-refractivity contribution in [2.24, 2.45) is 0 Å². The van der Waals surface area contributed by atoms with Gasteiger partial charge in [-0.1, -0.05) is 127 Å². The molecule has 4 aliphatic carbocycles. The van der Waals surface area contributed by atoms with Gasteiger partial charge in [-0.3, -0.25) is 0 Å². The van der Waals surface area contributed by atoms with Gasteiger partial charge >= 0.3 is 0 Å². The van der Waals surface area contributed by atoms with Gasteiger partial charge in [0.05, 0.1) is 5.92 Å². The summed E-state index contributed by atoms with van der Waals surface area (Å²) in [6, 6.07) is 50.5. The lowest BCUT2D eigenvalue weighted by atomic mass is 9.81. The molecule has 1 saturated carbocycles. The number of fused-ring (bicyclic) bond motifs is 12. The minimum absolute atomic E-state index is 0.651. The highest BCUT2D eigenvalue weighted by atomic mass is 14.5. The second-order valence-corrected chi connectivity index (χ2v) is 13.0. The van der Waals surface area contributed by atoms with Gasteiger partial charge in [-0.2, -0.15) is 0 Å². The van der Waals surface area contributed by atoms with E-state index >= 15 is 0 Å². The number of allylic oxidation sites excluding steroid dienone is 2. The first kappa shape index (κ1) is 23.3. The molecular weight excluding hydrogens is 528 g/mol. The molecule has 0 bridgehead atoms. The molecule has 0 amide bonds. The largest absolute Gasteiger partial charge is 0.0629 e. The summed E-state index contributed by atoms with van der Waals surface area (Å²) in [4.78, 5) is 0. The SMILES string of the molecule is C1=C2[C]1c1ccc(-c3ccc4cc(-c5cccc6c5C5CC5c5ccccc5-6)ccc4c3)c3cccc(c13)-c1ccccc12. The average molecular weight is 556 g/mol. The number of rotatable bonds is 2. The first-order valence-electron chi connectivity index (χ1n) is 15.8. The van der Waals surface area contributed by atoms with Crippen molar-refractivity contribution in [2.45, 2.75) is 18.3 Å². The molecule has 0 heterocycles. The molecule has 0 saturated heterocycles. The summed E-state index contributed by atoms with van der Waals surface area (Å²) in [7, 11) is 0. The highest BCUT2D eigenvalue weighted by Crippen LogP contribution is 2.64. The van der Waals surface area contributed by atoms with E-state index in [2.05, 4.69) is 140 Å². The van der Waals surface area contributed by atoms with E-state index < -0.39 is 0 Å². The summed E-state index contributed by atoms with van der Waals surface area (Å²) < 4.78 is 0. The topological polar surface area (TPSA) is 0 Å². The van der Waals surface area contributed by atoms with E-state index in [0.717, 1.165) is 0 Å². The third-order valence-electron chi connectivity index (χ3n) is 10.7. The van der Waals surface area contributed by atoms with Gasteiger partial charge in [-0.15, -0.1) is 0 Å². The molecule has 44 heavy (non-hydrogen) atoms. The summed E-state index contributed by atoms with van der Waals surface area (Å²) in [5.41, 5.74) is 18.1. The molecule has 2 unspecified atom stereocenters. The Labute approximate surface area is 256 Å². The van der Waals surface area contributed by atoms with E-state index in [-0.39, 0.29) is 0 Å². The molecule has 7 aromatic rings. The van der Waals surface area contributed by atoms with Crippen molar-refractivity contribution in [1.82, 2.24) is 0 Å². The average Bonchev–Trinajstić information content (AvgIpc) is 4.01. The van der Waals surface area contributed by atoms with Crippen LogP contribution in [0.3, 0.4) is 0 Å². The lowest BCUT2D eigenvalue weighted by Crippen LogP contribution is -2.01.